The molecule has 118 valence electrons. The van der Waals surface area contributed by atoms with Gasteiger partial charge in [0.1, 0.15) is 0 Å². The fourth-order valence-corrected chi connectivity index (χ4v) is 2.57. The van der Waals surface area contributed by atoms with Crippen molar-refractivity contribution >= 4 is 17.7 Å². The molecule has 1 fully saturated rings. The van der Waals surface area contributed by atoms with E-state index >= 15 is 0 Å². The van der Waals surface area contributed by atoms with E-state index in [1.54, 1.807) is 23.1 Å². The number of piperidine rings is 1. The molecule has 0 spiro atoms. The zero-order valence-electron chi connectivity index (χ0n) is 12.6. The summed E-state index contributed by atoms with van der Waals surface area (Å²) >= 11 is 0. The number of amides is 1. The van der Waals surface area contributed by atoms with Crippen molar-refractivity contribution in [2.45, 2.75) is 25.9 Å². The third-order valence-corrected chi connectivity index (χ3v) is 3.63. The van der Waals surface area contributed by atoms with E-state index in [1.165, 1.54) is 18.2 Å². The van der Waals surface area contributed by atoms with Gasteiger partial charge in [-0.05, 0) is 31.9 Å². The van der Waals surface area contributed by atoms with Gasteiger partial charge in [-0.25, -0.2) is 0 Å². The number of nitrogens with zero attached hydrogens (tertiary/aromatic N) is 2. The van der Waals surface area contributed by atoms with Crippen molar-refractivity contribution in [3.63, 3.8) is 0 Å². The lowest BCUT2D eigenvalue weighted by molar-refractivity contribution is -0.385. The number of hydrogen-bond donors (Lipinski definition) is 0. The van der Waals surface area contributed by atoms with Gasteiger partial charge in [0.2, 0.25) is 5.91 Å². The topological polar surface area (TPSA) is 72.7 Å². The molecule has 1 amide bonds. The van der Waals surface area contributed by atoms with Gasteiger partial charge in [-0.2, -0.15) is 0 Å². The van der Waals surface area contributed by atoms with E-state index in [9.17, 15) is 14.9 Å². The molecule has 1 aromatic carbocycles. The van der Waals surface area contributed by atoms with Gasteiger partial charge in [-0.3, -0.25) is 14.9 Å². The van der Waals surface area contributed by atoms with E-state index in [4.69, 9.17) is 4.74 Å². The lowest BCUT2D eigenvalue weighted by Crippen LogP contribution is -2.42. The predicted molar refractivity (Wildman–Crippen MR) is 83.4 cm³/mol. The highest BCUT2D eigenvalue weighted by atomic mass is 16.6. The lowest BCUT2D eigenvalue weighted by Gasteiger charge is -2.31. The normalized spacial score (nSPS) is 18.6. The minimum Gasteiger partial charge on any atom is -0.377 e. The van der Waals surface area contributed by atoms with Gasteiger partial charge >= 0.3 is 0 Å². The number of benzene rings is 1. The van der Waals surface area contributed by atoms with E-state index in [1.807, 2.05) is 6.92 Å². The Kier molecular flexibility index (Phi) is 5.66. The van der Waals surface area contributed by atoms with Crippen LogP contribution in [0.15, 0.2) is 30.3 Å². The first-order chi connectivity index (χ1) is 10.6. The number of para-hydroxylation sites is 1. The highest BCUT2D eigenvalue weighted by Gasteiger charge is 2.22. The molecule has 1 aromatic rings. The van der Waals surface area contributed by atoms with Crippen LogP contribution in [0.1, 0.15) is 25.3 Å². The second-order valence-corrected chi connectivity index (χ2v) is 5.15. The minimum absolute atomic E-state index is 0.00242. The molecule has 0 radical (unpaired) electrons. The molecule has 6 heteroatoms. The highest BCUT2D eigenvalue weighted by Crippen LogP contribution is 2.19. The van der Waals surface area contributed by atoms with Gasteiger partial charge in [0.25, 0.3) is 5.69 Å². The smallest absolute Gasteiger partial charge is 0.276 e. The summed E-state index contributed by atoms with van der Waals surface area (Å²) in [6.07, 6.45) is 4.87. The van der Waals surface area contributed by atoms with Gasteiger partial charge in [-0.15, -0.1) is 0 Å². The lowest BCUT2D eigenvalue weighted by atomic mass is 10.1. The molecule has 22 heavy (non-hydrogen) atoms. The van der Waals surface area contributed by atoms with Crippen molar-refractivity contribution in [3.05, 3.63) is 46.0 Å². The Bertz CT molecular complexity index is 569. The number of carbonyl (C=O) groups excluding carboxylic acids is 1. The second kappa shape index (κ2) is 7.70. The van der Waals surface area contributed by atoms with Gasteiger partial charge in [0, 0.05) is 31.8 Å². The van der Waals surface area contributed by atoms with Crippen LogP contribution in [0, 0.1) is 10.1 Å². The average Bonchev–Trinajstić information content (AvgIpc) is 2.53. The van der Waals surface area contributed by atoms with Crippen LogP contribution in [0.3, 0.4) is 0 Å². The van der Waals surface area contributed by atoms with E-state index in [2.05, 4.69) is 0 Å². The molecule has 0 saturated carbocycles. The first kappa shape index (κ1) is 16.2. The van der Waals surface area contributed by atoms with Crippen LogP contribution in [0.5, 0.6) is 0 Å². The third kappa shape index (κ3) is 4.14. The number of nitro benzene ring substituents is 1. The largest absolute Gasteiger partial charge is 0.377 e. The summed E-state index contributed by atoms with van der Waals surface area (Å²) in [6.45, 7) is 3.85. The quantitative estimate of drug-likeness (QED) is 0.476. The molecule has 1 atom stereocenters. The summed E-state index contributed by atoms with van der Waals surface area (Å²) in [6, 6.07) is 6.37. The van der Waals surface area contributed by atoms with E-state index in [0.29, 0.717) is 25.3 Å². The van der Waals surface area contributed by atoms with Crippen LogP contribution in [0.25, 0.3) is 6.08 Å². The van der Waals surface area contributed by atoms with Crippen LogP contribution < -0.4 is 0 Å². The second-order valence-electron chi connectivity index (χ2n) is 5.15. The molecule has 1 unspecified atom stereocenters. The number of likely N-dealkylation sites (tertiary alicyclic amines) is 1. The Morgan fingerprint density at radius 2 is 2.27 bits per heavy atom. The fourth-order valence-electron chi connectivity index (χ4n) is 2.57. The molecule has 1 heterocycles. The maximum atomic E-state index is 12.2. The molecule has 1 saturated heterocycles. The van der Waals surface area contributed by atoms with Crippen LogP contribution in [-0.2, 0) is 9.53 Å². The van der Waals surface area contributed by atoms with Crippen molar-refractivity contribution in [1.29, 1.82) is 0 Å². The first-order valence-electron chi connectivity index (χ1n) is 7.43. The Hall–Kier alpha value is -2.21. The SMILES string of the molecule is CCOC1CCCN(C(=O)/C=C/c2ccccc2[N+](=O)[O-])C1. The van der Waals surface area contributed by atoms with Crippen molar-refractivity contribution in [2.24, 2.45) is 0 Å². The van der Waals surface area contributed by atoms with Crippen molar-refractivity contribution in [2.75, 3.05) is 19.7 Å². The molecule has 0 aromatic heterocycles. The molecule has 6 nitrogen and oxygen atoms in total. The zero-order chi connectivity index (χ0) is 15.9. The van der Waals surface area contributed by atoms with Crippen LogP contribution in [0.4, 0.5) is 5.69 Å². The summed E-state index contributed by atoms with van der Waals surface area (Å²) in [7, 11) is 0. The highest BCUT2D eigenvalue weighted by molar-refractivity contribution is 5.92. The van der Waals surface area contributed by atoms with E-state index in [0.717, 1.165) is 12.8 Å². The molecule has 0 N–H and O–H groups in total. The number of carbonyl (C=O) groups is 1. The Balaban J connectivity index is 2.04. The minimum atomic E-state index is -0.448. The third-order valence-electron chi connectivity index (χ3n) is 3.63. The Labute approximate surface area is 129 Å². The van der Waals surface area contributed by atoms with Crippen LogP contribution >= 0.6 is 0 Å². The van der Waals surface area contributed by atoms with Gasteiger partial charge in [0.15, 0.2) is 0 Å². The standard InChI is InChI=1S/C16H20N2O4/c1-2-22-14-7-5-11-17(12-14)16(19)10-9-13-6-3-4-8-15(13)18(20)21/h3-4,6,8-10,14H,2,5,7,11-12H2,1H3/b10-9+. The molecule has 1 aliphatic heterocycles. The summed E-state index contributed by atoms with van der Waals surface area (Å²) in [5.74, 6) is -0.137. The van der Waals surface area contributed by atoms with Crippen molar-refractivity contribution in [3.8, 4) is 0 Å². The van der Waals surface area contributed by atoms with E-state index in [-0.39, 0.29) is 17.7 Å². The van der Waals surface area contributed by atoms with Crippen LogP contribution in [0.2, 0.25) is 0 Å². The summed E-state index contributed by atoms with van der Waals surface area (Å²) in [5, 5.41) is 10.9. The van der Waals surface area contributed by atoms with Gasteiger partial charge < -0.3 is 9.64 Å². The van der Waals surface area contributed by atoms with Gasteiger partial charge in [0.05, 0.1) is 16.6 Å². The molecule has 0 aliphatic carbocycles. The van der Waals surface area contributed by atoms with E-state index < -0.39 is 4.92 Å². The van der Waals surface area contributed by atoms with Gasteiger partial charge in [-0.1, -0.05) is 12.1 Å². The first-order valence-corrected chi connectivity index (χ1v) is 7.43. The number of nitro groups is 1. The molecular weight excluding hydrogens is 284 g/mol. The molecule has 1 aliphatic rings. The number of rotatable bonds is 5. The number of ether oxygens (including phenoxy) is 1. The molecular formula is C16H20N2O4. The summed E-state index contributed by atoms with van der Waals surface area (Å²) in [5.41, 5.74) is 0.427. The summed E-state index contributed by atoms with van der Waals surface area (Å²) < 4.78 is 5.57. The Morgan fingerprint density at radius 1 is 1.50 bits per heavy atom. The number of hydrogen-bond acceptors (Lipinski definition) is 4. The monoisotopic (exact) mass is 304 g/mol. The Morgan fingerprint density at radius 3 is 3.00 bits per heavy atom. The van der Waals surface area contributed by atoms with Crippen molar-refractivity contribution in [1.82, 2.24) is 4.90 Å². The zero-order valence-corrected chi connectivity index (χ0v) is 12.6. The molecule has 2 rings (SSSR count). The van der Waals surface area contributed by atoms with Crippen molar-refractivity contribution < 1.29 is 14.5 Å². The maximum absolute atomic E-state index is 12.2. The predicted octanol–water partition coefficient (Wildman–Crippen LogP) is 2.64. The van der Waals surface area contributed by atoms with Crippen LogP contribution in [-0.4, -0.2) is 41.5 Å². The summed E-state index contributed by atoms with van der Waals surface area (Å²) in [4.78, 5) is 24.4. The fraction of sp³-hybridized carbons (Fsp3) is 0.438. The molecule has 0 bridgehead atoms. The maximum Gasteiger partial charge on any atom is 0.276 e. The average molecular weight is 304 g/mol.